The normalized spacial score (nSPS) is 13.1. The maximum atomic E-state index is 6.03. The van der Waals surface area contributed by atoms with E-state index in [0.29, 0.717) is 0 Å². The van der Waals surface area contributed by atoms with Crippen molar-refractivity contribution < 1.29 is 0 Å². The predicted octanol–water partition coefficient (Wildman–Crippen LogP) is 7.78. The molecule has 4 heterocycles. The number of para-hydroxylation sites is 4. The number of hydrogen-bond donors (Lipinski definition) is 0. The Labute approximate surface area is 214 Å². The van der Waals surface area contributed by atoms with Crippen molar-refractivity contribution >= 4 is 79.3 Å². The van der Waals surface area contributed by atoms with E-state index < -0.39 is 0 Å². The van der Waals surface area contributed by atoms with Crippen molar-refractivity contribution in [3.63, 3.8) is 0 Å². The average Bonchev–Trinajstić information content (AvgIpc) is 3.41. The van der Waals surface area contributed by atoms with Crippen molar-refractivity contribution in [3.05, 3.63) is 117 Å². The molecule has 0 fully saturated rings. The molecular formula is C30H16N4S2. The van der Waals surface area contributed by atoms with Gasteiger partial charge in [0.25, 0.3) is 0 Å². The van der Waals surface area contributed by atoms with Crippen LogP contribution in [0.25, 0.3) is 54.9 Å². The van der Waals surface area contributed by atoms with Crippen LogP contribution in [0, 0.1) is 19.7 Å². The summed E-state index contributed by atoms with van der Waals surface area (Å²) >= 11 is 12.1. The van der Waals surface area contributed by atoms with Crippen LogP contribution in [0.5, 0.6) is 0 Å². The van der Waals surface area contributed by atoms with Gasteiger partial charge in [-0.3, -0.25) is 8.80 Å². The van der Waals surface area contributed by atoms with Crippen LogP contribution in [-0.4, -0.2) is 18.8 Å². The van der Waals surface area contributed by atoms with Crippen LogP contribution in [-0.2, 0) is 0 Å². The minimum atomic E-state index is 0.758. The first kappa shape index (κ1) is 20.0. The second kappa shape index (κ2) is 7.13. The van der Waals surface area contributed by atoms with Gasteiger partial charge in [-0.1, -0.05) is 85.1 Å². The lowest BCUT2D eigenvalue weighted by Gasteiger charge is -2.02. The highest BCUT2D eigenvalue weighted by molar-refractivity contribution is 7.71. The average molecular weight is 497 g/mol. The number of aromatic nitrogens is 4. The van der Waals surface area contributed by atoms with Crippen molar-refractivity contribution in [1.82, 2.24) is 18.8 Å². The van der Waals surface area contributed by atoms with Gasteiger partial charge in [-0.05, 0) is 36.4 Å². The molecule has 0 saturated heterocycles. The number of benzene rings is 4. The van der Waals surface area contributed by atoms with Crippen LogP contribution in [0.2, 0.25) is 0 Å². The third-order valence-electron chi connectivity index (χ3n) is 7.08. The van der Waals surface area contributed by atoms with Gasteiger partial charge in [-0.2, -0.15) is 0 Å². The first-order valence-corrected chi connectivity index (χ1v) is 12.5. The smallest absolute Gasteiger partial charge is 0.147 e. The van der Waals surface area contributed by atoms with Crippen molar-refractivity contribution in [2.75, 3.05) is 0 Å². The molecule has 4 nitrogen and oxygen atoms in total. The second-order valence-electron chi connectivity index (χ2n) is 8.97. The van der Waals surface area contributed by atoms with E-state index >= 15 is 0 Å². The lowest BCUT2D eigenvalue weighted by atomic mass is 10.1. The molecule has 0 aliphatic rings. The first-order valence-electron chi connectivity index (χ1n) is 11.7. The quantitative estimate of drug-likeness (QED) is 0.201. The van der Waals surface area contributed by atoms with E-state index in [1.807, 2.05) is 60.7 Å². The minimum Gasteiger partial charge on any atom is -0.284 e. The predicted molar refractivity (Wildman–Crippen MR) is 151 cm³/mol. The van der Waals surface area contributed by atoms with Gasteiger partial charge in [-0.15, -0.1) is 0 Å². The summed E-state index contributed by atoms with van der Waals surface area (Å²) in [6.07, 6.45) is 0. The summed E-state index contributed by atoms with van der Waals surface area (Å²) in [4.78, 5) is 10.3. The van der Waals surface area contributed by atoms with E-state index in [1.54, 1.807) is 0 Å². The maximum absolute atomic E-state index is 6.03. The van der Waals surface area contributed by atoms with Gasteiger partial charge >= 0.3 is 0 Å². The van der Waals surface area contributed by atoms with Crippen molar-refractivity contribution in [2.45, 2.75) is 0 Å². The van der Waals surface area contributed by atoms with Crippen LogP contribution in [0.3, 0.4) is 0 Å². The Kier molecular flexibility index (Phi) is 3.96. The van der Waals surface area contributed by atoms with Crippen LogP contribution >= 0.6 is 24.4 Å². The molecule has 0 unspecified atom stereocenters. The van der Waals surface area contributed by atoms with Gasteiger partial charge in [0.1, 0.15) is 20.6 Å². The molecule has 0 radical (unpaired) electrons. The summed E-state index contributed by atoms with van der Waals surface area (Å²) in [6.45, 7) is 0. The van der Waals surface area contributed by atoms with Gasteiger partial charge < -0.3 is 0 Å². The topological polar surface area (TPSA) is 34.6 Å². The molecule has 6 heteroatoms. The van der Waals surface area contributed by atoms with E-state index in [0.717, 1.165) is 74.6 Å². The molecule has 0 bridgehead atoms. The highest BCUT2D eigenvalue weighted by Crippen LogP contribution is 2.31. The lowest BCUT2D eigenvalue weighted by molar-refractivity contribution is 1.17. The van der Waals surface area contributed by atoms with Crippen LogP contribution in [0.4, 0.5) is 0 Å². The Morgan fingerprint density at radius 1 is 0.444 bits per heavy atom. The van der Waals surface area contributed by atoms with Crippen molar-refractivity contribution in [1.29, 1.82) is 0 Å². The Balaban J connectivity index is 1.83. The SMILES string of the molecule is S=c1c2ccccc2nc2/c(=c3\c4ccccc4n4c(=S)c5ccccc5nc34)c3ccccc3n12. The van der Waals surface area contributed by atoms with Gasteiger partial charge in [-0.25, -0.2) is 9.97 Å². The summed E-state index contributed by atoms with van der Waals surface area (Å²) < 4.78 is 5.73. The van der Waals surface area contributed by atoms with Gasteiger partial charge in [0.05, 0.1) is 22.1 Å². The molecule has 0 saturated carbocycles. The molecule has 0 amide bonds. The van der Waals surface area contributed by atoms with E-state index in [1.165, 1.54) is 0 Å². The largest absolute Gasteiger partial charge is 0.284 e. The molecule has 36 heavy (non-hydrogen) atoms. The Hall–Kier alpha value is -4.26. The molecule has 8 aromatic rings. The molecule has 8 rings (SSSR count). The van der Waals surface area contributed by atoms with E-state index in [4.69, 9.17) is 34.4 Å². The summed E-state index contributed by atoms with van der Waals surface area (Å²) in [5.41, 5.74) is 5.50. The Morgan fingerprint density at radius 2 is 0.806 bits per heavy atom. The highest BCUT2D eigenvalue weighted by atomic mass is 32.1. The fourth-order valence-electron chi connectivity index (χ4n) is 5.54. The van der Waals surface area contributed by atoms with E-state index in [9.17, 15) is 0 Å². The third-order valence-corrected chi connectivity index (χ3v) is 7.88. The molecule has 0 spiro atoms. The van der Waals surface area contributed by atoms with Gasteiger partial charge in [0, 0.05) is 32.0 Å². The number of hydrogen-bond acceptors (Lipinski definition) is 4. The summed E-state index contributed by atoms with van der Waals surface area (Å²) in [6, 6.07) is 32.9. The van der Waals surface area contributed by atoms with E-state index in [-0.39, 0.29) is 0 Å². The Bertz CT molecular complexity index is 2250. The number of fused-ring (bicyclic) bond motifs is 8. The Morgan fingerprint density at radius 3 is 1.25 bits per heavy atom. The second-order valence-corrected chi connectivity index (χ2v) is 9.74. The summed E-state index contributed by atoms with van der Waals surface area (Å²) in [5.74, 6) is 0. The van der Waals surface area contributed by atoms with Gasteiger partial charge in [0.15, 0.2) is 0 Å². The molecule has 0 atom stereocenters. The monoisotopic (exact) mass is 496 g/mol. The fraction of sp³-hybridized carbons (Fsp3) is 0. The maximum Gasteiger partial charge on any atom is 0.147 e. The number of rotatable bonds is 0. The van der Waals surface area contributed by atoms with Crippen LogP contribution in [0.1, 0.15) is 0 Å². The summed E-state index contributed by atoms with van der Waals surface area (Å²) in [7, 11) is 0. The minimum absolute atomic E-state index is 0.758. The standard InChI is InChI=1S/C30H16N4S2/c35-29-17-9-1-5-13-21(17)31-27-25(19-11-3-7-15-23(19)33(27)29)26-20-12-4-8-16-24(20)34-28(26)32-22-14-6-2-10-18(22)30(34)36/h1-16H/b26-25+. The van der Waals surface area contributed by atoms with E-state index in [2.05, 4.69) is 45.2 Å². The molecule has 0 N–H and O–H groups in total. The van der Waals surface area contributed by atoms with Crippen LogP contribution in [0.15, 0.2) is 97.1 Å². The summed E-state index contributed by atoms with van der Waals surface area (Å²) in [5, 5.41) is 6.17. The molecular weight excluding hydrogens is 480 g/mol. The lowest BCUT2D eigenvalue weighted by Crippen LogP contribution is -1.93. The third kappa shape index (κ3) is 2.47. The first-order chi connectivity index (χ1) is 17.7. The molecule has 0 aliphatic heterocycles. The fourth-order valence-corrected chi connectivity index (χ4v) is 6.26. The number of nitrogens with zero attached hydrogens (tertiary/aromatic N) is 4. The van der Waals surface area contributed by atoms with Gasteiger partial charge in [0.2, 0.25) is 0 Å². The zero-order valence-corrected chi connectivity index (χ0v) is 20.5. The molecule has 168 valence electrons. The molecule has 4 aromatic heterocycles. The van der Waals surface area contributed by atoms with Crippen molar-refractivity contribution in [2.24, 2.45) is 0 Å². The molecule has 4 aromatic carbocycles. The molecule has 0 aliphatic carbocycles. The highest BCUT2D eigenvalue weighted by Gasteiger charge is 2.17. The van der Waals surface area contributed by atoms with Crippen LogP contribution < -0.4 is 0 Å². The van der Waals surface area contributed by atoms with Crippen molar-refractivity contribution in [3.8, 4) is 0 Å². The zero-order valence-electron chi connectivity index (χ0n) is 18.8. The zero-order chi connectivity index (χ0) is 24.0.